The summed E-state index contributed by atoms with van der Waals surface area (Å²) in [6, 6.07) is 8.80. The van der Waals surface area contributed by atoms with Crippen LogP contribution < -0.4 is 5.32 Å². The Hall–Kier alpha value is -0.510. The summed E-state index contributed by atoms with van der Waals surface area (Å²) in [4.78, 5) is 1.47. The van der Waals surface area contributed by atoms with Crippen molar-refractivity contribution in [3.8, 4) is 0 Å². The molecule has 1 N–H and O–H groups in total. The summed E-state index contributed by atoms with van der Waals surface area (Å²) in [6.07, 6.45) is 3.75. The van der Waals surface area contributed by atoms with Gasteiger partial charge in [-0.05, 0) is 30.9 Å². The van der Waals surface area contributed by atoms with Gasteiger partial charge in [-0.3, -0.25) is 0 Å². The second-order valence-electron chi connectivity index (χ2n) is 5.42. The van der Waals surface area contributed by atoms with E-state index in [9.17, 15) is 0 Å². The van der Waals surface area contributed by atoms with E-state index in [0.29, 0.717) is 5.92 Å². The summed E-state index contributed by atoms with van der Waals surface area (Å²) in [5.74, 6) is 1.88. The average molecular weight is 263 g/mol. The molecule has 1 aliphatic heterocycles. The smallest absolute Gasteiger partial charge is 0.0802 e. The Morgan fingerprint density at radius 3 is 2.94 bits per heavy atom. The molecule has 1 atom stereocenters. The quantitative estimate of drug-likeness (QED) is 0.882. The van der Waals surface area contributed by atoms with Gasteiger partial charge >= 0.3 is 0 Å². The molecule has 1 saturated carbocycles. The zero-order valence-corrected chi connectivity index (χ0v) is 11.8. The molecule has 1 heterocycles. The van der Waals surface area contributed by atoms with E-state index in [2.05, 4.69) is 29.6 Å². The first-order valence-electron chi connectivity index (χ1n) is 6.81. The molecule has 1 aromatic rings. The van der Waals surface area contributed by atoms with Gasteiger partial charge in [0.1, 0.15) is 0 Å². The molecule has 0 spiro atoms. The fourth-order valence-corrected chi connectivity index (χ4v) is 4.15. The first-order valence-corrected chi connectivity index (χ1v) is 7.79. The molecule has 2 nitrogen and oxygen atoms in total. The molecule has 0 aromatic heterocycles. The minimum Gasteiger partial charge on any atom is -0.377 e. The SMILES string of the molecule is COC1(CNCC2CSc3ccccc32)CCC1. The van der Waals surface area contributed by atoms with Crippen molar-refractivity contribution in [2.75, 3.05) is 26.0 Å². The lowest BCUT2D eigenvalue weighted by molar-refractivity contribution is -0.0693. The number of methoxy groups -OCH3 is 1. The second-order valence-corrected chi connectivity index (χ2v) is 6.48. The highest BCUT2D eigenvalue weighted by Gasteiger charge is 2.36. The topological polar surface area (TPSA) is 21.3 Å². The fraction of sp³-hybridized carbons (Fsp3) is 0.600. The molecule has 1 aliphatic carbocycles. The second kappa shape index (κ2) is 5.24. The molecule has 3 heteroatoms. The first kappa shape index (κ1) is 12.5. The highest BCUT2D eigenvalue weighted by atomic mass is 32.2. The number of benzene rings is 1. The van der Waals surface area contributed by atoms with E-state index in [1.807, 2.05) is 18.9 Å². The van der Waals surface area contributed by atoms with E-state index < -0.39 is 0 Å². The molecule has 0 bridgehead atoms. The Bertz CT molecular complexity index is 411. The van der Waals surface area contributed by atoms with E-state index in [1.165, 1.54) is 35.5 Å². The predicted octanol–water partition coefficient (Wildman–Crippen LogP) is 3.03. The highest BCUT2D eigenvalue weighted by Crippen LogP contribution is 2.39. The van der Waals surface area contributed by atoms with Crippen LogP contribution in [0.1, 0.15) is 30.7 Å². The van der Waals surface area contributed by atoms with Crippen LogP contribution in [0.3, 0.4) is 0 Å². The van der Waals surface area contributed by atoms with E-state index in [4.69, 9.17) is 4.74 Å². The number of hydrogen-bond acceptors (Lipinski definition) is 3. The molecule has 0 amide bonds. The van der Waals surface area contributed by atoms with Gasteiger partial charge < -0.3 is 10.1 Å². The predicted molar refractivity (Wildman–Crippen MR) is 76.4 cm³/mol. The lowest BCUT2D eigenvalue weighted by atomic mass is 9.80. The van der Waals surface area contributed by atoms with Crippen LogP contribution in [0.25, 0.3) is 0 Å². The fourth-order valence-electron chi connectivity index (χ4n) is 2.90. The van der Waals surface area contributed by atoms with Gasteiger partial charge in [0.05, 0.1) is 5.60 Å². The summed E-state index contributed by atoms with van der Waals surface area (Å²) in [7, 11) is 1.85. The number of fused-ring (bicyclic) bond motifs is 1. The van der Waals surface area contributed by atoms with Crippen molar-refractivity contribution in [3.63, 3.8) is 0 Å². The van der Waals surface area contributed by atoms with Gasteiger partial charge in [-0.1, -0.05) is 18.2 Å². The van der Waals surface area contributed by atoms with Crippen LogP contribution in [0.4, 0.5) is 0 Å². The highest BCUT2D eigenvalue weighted by molar-refractivity contribution is 7.99. The van der Waals surface area contributed by atoms with Gasteiger partial charge in [0.25, 0.3) is 0 Å². The van der Waals surface area contributed by atoms with Gasteiger partial charge in [-0.25, -0.2) is 0 Å². The zero-order valence-electron chi connectivity index (χ0n) is 10.9. The van der Waals surface area contributed by atoms with Crippen molar-refractivity contribution in [3.05, 3.63) is 29.8 Å². The Kier molecular flexibility index (Phi) is 3.64. The molecule has 0 saturated heterocycles. The van der Waals surface area contributed by atoms with Crippen LogP contribution in [-0.4, -0.2) is 31.6 Å². The van der Waals surface area contributed by atoms with E-state index in [0.717, 1.165) is 13.1 Å². The summed E-state index contributed by atoms with van der Waals surface area (Å²) in [5.41, 5.74) is 1.67. The largest absolute Gasteiger partial charge is 0.377 e. The summed E-state index contributed by atoms with van der Waals surface area (Å²) in [6.45, 7) is 2.09. The van der Waals surface area contributed by atoms with Crippen LogP contribution in [0.2, 0.25) is 0 Å². The van der Waals surface area contributed by atoms with Crippen molar-refractivity contribution < 1.29 is 4.74 Å². The van der Waals surface area contributed by atoms with Crippen molar-refractivity contribution in [2.45, 2.75) is 35.7 Å². The minimum atomic E-state index is 0.144. The Balaban J connectivity index is 1.53. The number of rotatable bonds is 5. The third kappa shape index (κ3) is 2.31. The molecule has 1 unspecified atom stereocenters. The monoisotopic (exact) mass is 263 g/mol. The third-order valence-electron chi connectivity index (χ3n) is 4.33. The number of thioether (sulfide) groups is 1. The number of nitrogens with one attached hydrogen (secondary N) is 1. The molecule has 1 fully saturated rings. The van der Waals surface area contributed by atoms with Crippen LogP contribution >= 0.6 is 11.8 Å². The number of ether oxygens (including phenoxy) is 1. The third-order valence-corrected chi connectivity index (χ3v) is 5.59. The normalized spacial score (nSPS) is 24.6. The van der Waals surface area contributed by atoms with Crippen molar-refractivity contribution >= 4 is 11.8 Å². The van der Waals surface area contributed by atoms with E-state index in [1.54, 1.807) is 0 Å². The standard InChI is InChI=1S/C15H21NOS/c1-17-15(7-4-8-15)11-16-9-12-10-18-14-6-3-2-5-13(12)14/h2-3,5-6,12,16H,4,7-11H2,1H3. The molecule has 3 rings (SSSR count). The lowest BCUT2D eigenvalue weighted by Crippen LogP contribution is -2.48. The van der Waals surface area contributed by atoms with E-state index >= 15 is 0 Å². The zero-order chi connectivity index (χ0) is 12.4. The molecule has 98 valence electrons. The van der Waals surface area contributed by atoms with Crippen LogP contribution in [0.15, 0.2) is 29.2 Å². The maximum absolute atomic E-state index is 5.64. The molecule has 2 aliphatic rings. The Morgan fingerprint density at radius 2 is 2.22 bits per heavy atom. The summed E-state index contributed by atoms with van der Waals surface area (Å²) >= 11 is 1.99. The minimum absolute atomic E-state index is 0.144. The first-order chi connectivity index (χ1) is 8.83. The van der Waals surface area contributed by atoms with Gasteiger partial charge in [0.15, 0.2) is 0 Å². The molecule has 0 radical (unpaired) electrons. The summed E-state index contributed by atoms with van der Waals surface area (Å²) in [5, 5.41) is 3.62. The van der Waals surface area contributed by atoms with Crippen LogP contribution in [-0.2, 0) is 4.74 Å². The number of hydrogen-bond donors (Lipinski definition) is 1. The van der Waals surface area contributed by atoms with Crippen molar-refractivity contribution in [1.29, 1.82) is 0 Å². The Morgan fingerprint density at radius 1 is 1.39 bits per heavy atom. The molecular weight excluding hydrogens is 242 g/mol. The van der Waals surface area contributed by atoms with Crippen molar-refractivity contribution in [2.24, 2.45) is 0 Å². The average Bonchev–Trinajstić information content (AvgIpc) is 2.76. The van der Waals surface area contributed by atoms with Crippen LogP contribution in [0.5, 0.6) is 0 Å². The Labute approximate surface area is 113 Å². The lowest BCUT2D eigenvalue weighted by Gasteiger charge is -2.40. The van der Waals surface area contributed by atoms with Crippen molar-refractivity contribution in [1.82, 2.24) is 5.32 Å². The van der Waals surface area contributed by atoms with E-state index in [-0.39, 0.29) is 5.60 Å². The molecular formula is C15H21NOS. The molecule has 1 aromatic carbocycles. The van der Waals surface area contributed by atoms with Gasteiger partial charge in [0.2, 0.25) is 0 Å². The van der Waals surface area contributed by atoms with Gasteiger partial charge in [0, 0.05) is 36.8 Å². The maximum Gasteiger partial charge on any atom is 0.0802 e. The summed E-state index contributed by atoms with van der Waals surface area (Å²) < 4.78 is 5.64. The van der Waals surface area contributed by atoms with Gasteiger partial charge in [-0.15, -0.1) is 11.8 Å². The van der Waals surface area contributed by atoms with Gasteiger partial charge in [-0.2, -0.15) is 0 Å². The molecule has 18 heavy (non-hydrogen) atoms. The van der Waals surface area contributed by atoms with Crippen LogP contribution in [0, 0.1) is 0 Å². The maximum atomic E-state index is 5.64.